The molecule has 0 saturated carbocycles. The number of rotatable bonds is 5. The van der Waals surface area contributed by atoms with Crippen molar-refractivity contribution in [3.8, 4) is 44.5 Å². The zero-order valence-electron chi connectivity index (χ0n) is 32.1. The lowest BCUT2D eigenvalue weighted by Gasteiger charge is -2.32. The van der Waals surface area contributed by atoms with Crippen molar-refractivity contribution in [2.75, 3.05) is 4.90 Å². The second-order valence-corrected chi connectivity index (χ2v) is 17.5. The molecule has 0 radical (unpaired) electrons. The van der Waals surface area contributed by atoms with Crippen molar-refractivity contribution in [1.82, 2.24) is 0 Å². The largest absolute Gasteiger partial charge is 0.309 e. The van der Waals surface area contributed by atoms with E-state index in [1.54, 1.807) is 0 Å². The van der Waals surface area contributed by atoms with E-state index >= 15 is 0 Å². The van der Waals surface area contributed by atoms with Crippen LogP contribution in [0.4, 0.5) is 17.1 Å². The van der Waals surface area contributed by atoms with Gasteiger partial charge in [-0.25, -0.2) is 0 Å². The highest BCUT2D eigenvalue weighted by Crippen LogP contribution is 2.56. The van der Waals surface area contributed by atoms with Gasteiger partial charge in [0.1, 0.15) is 0 Å². The topological polar surface area (TPSA) is 3.24 Å². The highest BCUT2D eigenvalue weighted by atomic mass is 32.1. The third-order valence-corrected chi connectivity index (χ3v) is 13.8. The Morgan fingerprint density at radius 1 is 0.375 bits per heavy atom. The summed E-state index contributed by atoms with van der Waals surface area (Å²) in [6.07, 6.45) is 0. The molecule has 0 N–H and O–H groups in total. The Morgan fingerprint density at radius 3 is 1.64 bits per heavy atom. The molecule has 0 atom stereocenters. The van der Waals surface area contributed by atoms with Gasteiger partial charge >= 0.3 is 0 Å². The predicted octanol–water partition coefficient (Wildman–Crippen LogP) is 15.5. The van der Waals surface area contributed by atoms with E-state index in [9.17, 15) is 0 Å². The van der Waals surface area contributed by atoms with Gasteiger partial charge in [-0.3, -0.25) is 0 Å². The Labute approximate surface area is 333 Å². The van der Waals surface area contributed by atoms with Crippen LogP contribution in [0.25, 0.3) is 64.7 Å². The zero-order valence-corrected chi connectivity index (χ0v) is 32.9. The van der Waals surface area contributed by atoms with E-state index in [-0.39, 0.29) is 10.8 Å². The standard InChI is InChI=1S/C54H41NS/c1-53(2)43-24-10-5-18-36(43)38-32-31-34(33-45(38)53)35-17-7-12-26-46(35)55(48-28-16-30-50-51(48)42-21-9-14-29-49(42)56-50)47-27-13-8-20-39(47)41-23-15-22-40-37-19-6-11-25-44(37)54(3,4)52(40)41/h5-33H,1-4H3. The highest BCUT2D eigenvalue weighted by Gasteiger charge is 2.39. The van der Waals surface area contributed by atoms with Gasteiger partial charge in [0.2, 0.25) is 0 Å². The molecule has 11 rings (SSSR count). The minimum Gasteiger partial charge on any atom is -0.309 e. The Balaban J connectivity index is 1.19. The highest BCUT2D eigenvalue weighted by molar-refractivity contribution is 7.26. The molecule has 268 valence electrons. The minimum absolute atomic E-state index is 0.0948. The van der Waals surface area contributed by atoms with Gasteiger partial charge in [-0.15, -0.1) is 11.3 Å². The summed E-state index contributed by atoms with van der Waals surface area (Å²) in [6, 6.07) is 65.8. The van der Waals surface area contributed by atoms with Crippen LogP contribution >= 0.6 is 11.3 Å². The van der Waals surface area contributed by atoms with Crippen molar-refractivity contribution in [1.29, 1.82) is 0 Å². The number of benzene rings is 8. The van der Waals surface area contributed by atoms with Crippen molar-refractivity contribution >= 4 is 48.6 Å². The van der Waals surface area contributed by atoms with Gasteiger partial charge in [0.15, 0.2) is 0 Å². The van der Waals surface area contributed by atoms with E-state index in [4.69, 9.17) is 0 Å². The van der Waals surface area contributed by atoms with Gasteiger partial charge in [0.05, 0.1) is 17.1 Å². The number of anilines is 3. The van der Waals surface area contributed by atoms with E-state index in [0.717, 1.165) is 11.4 Å². The lowest BCUT2D eigenvalue weighted by atomic mass is 9.78. The van der Waals surface area contributed by atoms with Crippen molar-refractivity contribution in [3.05, 3.63) is 198 Å². The molecule has 2 aliphatic rings. The van der Waals surface area contributed by atoms with Crippen LogP contribution in [0.15, 0.2) is 176 Å². The average molecular weight is 736 g/mol. The van der Waals surface area contributed by atoms with Gasteiger partial charge in [0.25, 0.3) is 0 Å². The fourth-order valence-corrected chi connectivity index (χ4v) is 11.2. The summed E-state index contributed by atoms with van der Waals surface area (Å²) in [4.78, 5) is 2.56. The first kappa shape index (κ1) is 33.1. The Bertz CT molecular complexity index is 3050. The number of fused-ring (bicyclic) bond motifs is 9. The van der Waals surface area contributed by atoms with E-state index in [1.165, 1.54) is 92.6 Å². The Kier molecular flexibility index (Phi) is 7.18. The molecule has 56 heavy (non-hydrogen) atoms. The van der Waals surface area contributed by atoms with Gasteiger partial charge < -0.3 is 4.90 Å². The number of hydrogen-bond donors (Lipinski definition) is 0. The third-order valence-electron chi connectivity index (χ3n) is 12.7. The second kappa shape index (κ2) is 12.1. The number of para-hydroxylation sites is 2. The summed E-state index contributed by atoms with van der Waals surface area (Å²) in [5, 5.41) is 2.58. The first-order valence-corrected chi connectivity index (χ1v) is 20.5. The predicted molar refractivity (Wildman–Crippen MR) is 240 cm³/mol. The van der Waals surface area contributed by atoms with Gasteiger partial charge in [-0.1, -0.05) is 167 Å². The molecule has 0 spiro atoms. The average Bonchev–Trinajstić information content (AvgIpc) is 3.82. The van der Waals surface area contributed by atoms with Gasteiger partial charge in [-0.2, -0.15) is 0 Å². The minimum atomic E-state index is -0.156. The SMILES string of the molecule is CC1(C)c2ccccc2-c2ccc(-c3ccccc3N(c3ccccc3-c3cccc4c3C(C)(C)c3ccccc3-4)c3cccc4sc5ccccc5c34)cc21. The van der Waals surface area contributed by atoms with Gasteiger partial charge in [-0.05, 0) is 92.0 Å². The maximum absolute atomic E-state index is 2.56. The normalized spacial score (nSPS) is 14.4. The Morgan fingerprint density at radius 2 is 0.875 bits per heavy atom. The summed E-state index contributed by atoms with van der Waals surface area (Å²) >= 11 is 1.87. The molecule has 1 aromatic heterocycles. The zero-order chi connectivity index (χ0) is 37.8. The maximum Gasteiger partial charge on any atom is 0.0555 e. The molecular weight excluding hydrogens is 695 g/mol. The van der Waals surface area contributed by atoms with Crippen molar-refractivity contribution < 1.29 is 0 Å². The first-order chi connectivity index (χ1) is 27.3. The van der Waals surface area contributed by atoms with E-state index in [2.05, 4.69) is 209 Å². The van der Waals surface area contributed by atoms with Crippen LogP contribution in [0, 0.1) is 0 Å². The van der Waals surface area contributed by atoms with Crippen LogP contribution in [0.2, 0.25) is 0 Å². The van der Waals surface area contributed by atoms with Crippen LogP contribution in [-0.4, -0.2) is 0 Å². The van der Waals surface area contributed by atoms with Crippen LogP contribution in [0.5, 0.6) is 0 Å². The van der Waals surface area contributed by atoms with Crippen molar-refractivity contribution in [2.45, 2.75) is 38.5 Å². The molecule has 8 aromatic carbocycles. The quantitative estimate of drug-likeness (QED) is 0.170. The third kappa shape index (κ3) is 4.66. The molecule has 0 unspecified atom stereocenters. The molecule has 1 heterocycles. The molecule has 9 aromatic rings. The van der Waals surface area contributed by atoms with E-state index < -0.39 is 0 Å². The second-order valence-electron chi connectivity index (χ2n) is 16.4. The molecule has 1 nitrogen and oxygen atoms in total. The summed E-state index contributed by atoms with van der Waals surface area (Å²) in [5.74, 6) is 0. The summed E-state index contributed by atoms with van der Waals surface area (Å²) < 4.78 is 2.59. The maximum atomic E-state index is 2.56. The molecule has 0 bridgehead atoms. The first-order valence-electron chi connectivity index (χ1n) is 19.7. The summed E-state index contributed by atoms with van der Waals surface area (Å²) in [5.41, 5.74) is 19.1. The van der Waals surface area contributed by atoms with Crippen LogP contribution in [-0.2, 0) is 10.8 Å². The molecule has 0 fully saturated rings. The molecule has 2 aliphatic carbocycles. The number of hydrogen-bond acceptors (Lipinski definition) is 2. The lowest BCUT2D eigenvalue weighted by Crippen LogP contribution is -2.17. The van der Waals surface area contributed by atoms with Crippen LogP contribution < -0.4 is 4.90 Å². The Hall–Kier alpha value is -6.22. The number of thiophene rings is 1. The molecule has 0 amide bonds. The summed E-state index contributed by atoms with van der Waals surface area (Å²) in [7, 11) is 0. The molecule has 0 saturated heterocycles. The fourth-order valence-electron chi connectivity index (χ4n) is 10.1. The monoisotopic (exact) mass is 735 g/mol. The smallest absolute Gasteiger partial charge is 0.0555 e. The van der Waals surface area contributed by atoms with Crippen LogP contribution in [0.1, 0.15) is 49.9 Å². The summed E-state index contributed by atoms with van der Waals surface area (Å²) in [6.45, 7) is 9.53. The molecule has 0 aliphatic heterocycles. The van der Waals surface area contributed by atoms with E-state index in [1.807, 2.05) is 11.3 Å². The van der Waals surface area contributed by atoms with Gasteiger partial charge in [0, 0.05) is 42.1 Å². The lowest BCUT2D eigenvalue weighted by molar-refractivity contribution is 0.660. The van der Waals surface area contributed by atoms with Crippen LogP contribution in [0.3, 0.4) is 0 Å². The molecule has 2 heteroatoms. The molecular formula is C54H41NS. The van der Waals surface area contributed by atoms with E-state index in [0.29, 0.717) is 0 Å². The number of nitrogens with zero attached hydrogens (tertiary/aromatic N) is 1. The van der Waals surface area contributed by atoms with Crippen molar-refractivity contribution in [2.24, 2.45) is 0 Å². The fraction of sp³-hybridized carbons (Fsp3) is 0.111. The van der Waals surface area contributed by atoms with Crippen molar-refractivity contribution in [3.63, 3.8) is 0 Å².